The molecule has 2 heteroatoms. The molecule has 0 aromatic rings. The molecule has 0 aromatic heterocycles. The molecule has 2 nitrogen and oxygen atoms in total. The number of allylic oxidation sites excluding steroid dienone is 2. The van der Waals surface area contributed by atoms with Gasteiger partial charge < -0.3 is 4.74 Å². The Morgan fingerprint density at radius 2 is 2.08 bits per heavy atom. The van der Waals surface area contributed by atoms with E-state index >= 15 is 0 Å². The van der Waals surface area contributed by atoms with Crippen molar-refractivity contribution < 1.29 is 4.74 Å². The molecule has 1 heterocycles. The van der Waals surface area contributed by atoms with Crippen LogP contribution in [0.15, 0.2) is 24.3 Å². The highest BCUT2D eigenvalue weighted by Gasteiger charge is 2.28. The van der Waals surface area contributed by atoms with Crippen LogP contribution in [0.3, 0.4) is 0 Å². The lowest BCUT2D eigenvalue weighted by molar-refractivity contribution is -0.0819. The first kappa shape index (κ1) is 8.97. The Kier molecular flexibility index (Phi) is 2.51. The smallest absolute Gasteiger partial charge is 0.100 e. The van der Waals surface area contributed by atoms with Gasteiger partial charge in [-0.15, -0.1) is 0 Å². The molecule has 1 aliphatic heterocycles. The van der Waals surface area contributed by atoms with E-state index < -0.39 is 0 Å². The lowest BCUT2D eigenvalue weighted by Gasteiger charge is -2.39. The van der Waals surface area contributed by atoms with Crippen LogP contribution < -0.4 is 0 Å². The number of ether oxygens (including phenoxy) is 1. The van der Waals surface area contributed by atoms with Gasteiger partial charge in [0.2, 0.25) is 0 Å². The lowest BCUT2D eigenvalue weighted by atomic mass is 9.95. The molecule has 2 aliphatic rings. The number of hydrogen-bond acceptors (Lipinski definition) is 2. The fraction of sp³-hybridized carbons (Fsp3) is 0.636. The molecule has 0 bridgehead atoms. The molecule has 2 rings (SSSR count). The van der Waals surface area contributed by atoms with Gasteiger partial charge in [0, 0.05) is 18.5 Å². The van der Waals surface area contributed by atoms with Crippen LogP contribution >= 0.6 is 0 Å². The van der Waals surface area contributed by atoms with Crippen molar-refractivity contribution in [3.05, 3.63) is 24.3 Å². The minimum atomic E-state index is 0.319. The third-order valence-electron chi connectivity index (χ3n) is 2.80. The van der Waals surface area contributed by atoms with Crippen LogP contribution in [0.1, 0.15) is 13.8 Å². The fourth-order valence-electron chi connectivity index (χ4n) is 1.84. The predicted molar refractivity (Wildman–Crippen MR) is 53.4 cm³/mol. The zero-order valence-electron chi connectivity index (χ0n) is 8.31. The first-order chi connectivity index (χ1) is 6.27. The summed E-state index contributed by atoms with van der Waals surface area (Å²) >= 11 is 0. The number of rotatable bonds is 1. The Labute approximate surface area is 79.9 Å². The number of fused-ring (bicyclic) bond motifs is 1. The third kappa shape index (κ3) is 1.84. The van der Waals surface area contributed by atoms with Crippen molar-refractivity contribution in [2.75, 3.05) is 13.3 Å². The summed E-state index contributed by atoms with van der Waals surface area (Å²) in [7, 11) is 0. The second kappa shape index (κ2) is 3.64. The van der Waals surface area contributed by atoms with E-state index in [1.165, 1.54) is 0 Å². The van der Waals surface area contributed by atoms with Crippen molar-refractivity contribution >= 4 is 0 Å². The first-order valence-electron chi connectivity index (χ1n) is 4.98. The second-order valence-electron chi connectivity index (χ2n) is 4.06. The molecule has 0 spiro atoms. The van der Waals surface area contributed by atoms with E-state index in [0.29, 0.717) is 18.1 Å². The normalized spacial score (nSPS) is 33.8. The molecule has 0 aromatic carbocycles. The Balaban J connectivity index is 2.00. The predicted octanol–water partition coefficient (Wildman–Crippen LogP) is 1.80. The Morgan fingerprint density at radius 1 is 1.31 bits per heavy atom. The minimum Gasteiger partial charge on any atom is -0.358 e. The molecule has 0 saturated carbocycles. The van der Waals surface area contributed by atoms with E-state index in [2.05, 4.69) is 43.1 Å². The Hall–Kier alpha value is -0.600. The van der Waals surface area contributed by atoms with E-state index in [-0.39, 0.29) is 0 Å². The highest BCUT2D eigenvalue weighted by molar-refractivity contribution is 5.16. The molecule has 72 valence electrons. The topological polar surface area (TPSA) is 12.5 Å². The SMILES string of the molecule is CC(C)N1COC2C=CC=CC2C1. The zero-order valence-corrected chi connectivity index (χ0v) is 8.31. The van der Waals surface area contributed by atoms with Crippen molar-refractivity contribution in [2.45, 2.75) is 26.0 Å². The van der Waals surface area contributed by atoms with Crippen molar-refractivity contribution in [3.63, 3.8) is 0 Å². The Morgan fingerprint density at radius 3 is 2.85 bits per heavy atom. The average molecular weight is 179 g/mol. The summed E-state index contributed by atoms with van der Waals surface area (Å²) in [6.07, 6.45) is 8.92. The van der Waals surface area contributed by atoms with E-state index in [9.17, 15) is 0 Å². The van der Waals surface area contributed by atoms with Gasteiger partial charge in [0.1, 0.15) is 6.73 Å². The molecule has 2 atom stereocenters. The highest BCUT2D eigenvalue weighted by atomic mass is 16.5. The summed E-state index contributed by atoms with van der Waals surface area (Å²) in [5.74, 6) is 0.557. The summed E-state index contributed by atoms with van der Waals surface area (Å²) in [6, 6.07) is 0.584. The van der Waals surface area contributed by atoms with Gasteiger partial charge in [-0.2, -0.15) is 0 Å². The van der Waals surface area contributed by atoms with Gasteiger partial charge in [-0.05, 0) is 13.8 Å². The van der Waals surface area contributed by atoms with Crippen LogP contribution in [0.25, 0.3) is 0 Å². The molecular formula is C11H17NO. The van der Waals surface area contributed by atoms with Crippen LogP contribution in [0.2, 0.25) is 0 Å². The monoisotopic (exact) mass is 179 g/mol. The summed E-state index contributed by atoms with van der Waals surface area (Å²) in [4.78, 5) is 2.37. The molecule has 1 aliphatic carbocycles. The molecule has 1 saturated heterocycles. The van der Waals surface area contributed by atoms with Gasteiger partial charge in [0.25, 0.3) is 0 Å². The summed E-state index contributed by atoms with van der Waals surface area (Å²) in [5.41, 5.74) is 0. The van der Waals surface area contributed by atoms with E-state index in [1.807, 2.05) is 0 Å². The van der Waals surface area contributed by atoms with Crippen LogP contribution in [0.4, 0.5) is 0 Å². The largest absolute Gasteiger partial charge is 0.358 e. The van der Waals surface area contributed by atoms with Gasteiger partial charge in [0.05, 0.1) is 6.10 Å². The molecule has 2 unspecified atom stereocenters. The summed E-state index contributed by atoms with van der Waals surface area (Å²) in [5, 5.41) is 0. The van der Waals surface area contributed by atoms with Crippen molar-refractivity contribution in [3.8, 4) is 0 Å². The Bertz CT molecular complexity index is 232. The van der Waals surface area contributed by atoms with Gasteiger partial charge >= 0.3 is 0 Å². The van der Waals surface area contributed by atoms with E-state index in [4.69, 9.17) is 4.74 Å². The second-order valence-corrected chi connectivity index (χ2v) is 4.06. The molecule has 13 heavy (non-hydrogen) atoms. The van der Waals surface area contributed by atoms with Gasteiger partial charge in [0.15, 0.2) is 0 Å². The van der Waals surface area contributed by atoms with E-state index in [1.54, 1.807) is 0 Å². The molecule has 0 amide bonds. The number of nitrogens with zero attached hydrogens (tertiary/aromatic N) is 1. The van der Waals surface area contributed by atoms with Crippen molar-refractivity contribution in [1.82, 2.24) is 4.90 Å². The quantitative estimate of drug-likeness (QED) is 0.608. The van der Waals surface area contributed by atoms with Crippen LogP contribution in [-0.2, 0) is 4.74 Å². The summed E-state index contributed by atoms with van der Waals surface area (Å²) in [6.45, 7) is 6.33. The van der Waals surface area contributed by atoms with Gasteiger partial charge in [-0.3, -0.25) is 4.90 Å². The minimum absolute atomic E-state index is 0.319. The molecule has 0 N–H and O–H groups in total. The van der Waals surface area contributed by atoms with Crippen LogP contribution in [0, 0.1) is 5.92 Å². The average Bonchev–Trinajstić information content (AvgIpc) is 2.17. The van der Waals surface area contributed by atoms with Crippen LogP contribution in [-0.4, -0.2) is 30.3 Å². The van der Waals surface area contributed by atoms with Crippen molar-refractivity contribution in [2.24, 2.45) is 5.92 Å². The third-order valence-corrected chi connectivity index (χ3v) is 2.80. The zero-order chi connectivity index (χ0) is 9.26. The molecule has 1 fully saturated rings. The standard InChI is InChI=1S/C11H17NO/c1-9(2)12-7-10-5-3-4-6-11(10)13-8-12/h3-6,9-11H,7-8H2,1-2H3. The van der Waals surface area contributed by atoms with E-state index in [0.717, 1.165) is 13.3 Å². The molecular weight excluding hydrogens is 162 g/mol. The van der Waals surface area contributed by atoms with Gasteiger partial charge in [-0.25, -0.2) is 0 Å². The van der Waals surface area contributed by atoms with Crippen molar-refractivity contribution in [1.29, 1.82) is 0 Å². The fourth-order valence-corrected chi connectivity index (χ4v) is 1.84. The maximum absolute atomic E-state index is 5.74. The number of hydrogen-bond donors (Lipinski definition) is 0. The van der Waals surface area contributed by atoms with Crippen LogP contribution in [0.5, 0.6) is 0 Å². The summed E-state index contributed by atoms with van der Waals surface area (Å²) < 4.78 is 5.74. The van der Waals surface area contributed by atoms with Gasteiger partial charge in [-0.1, -0.05) is 24.3 Å². The lowest BCUT2D eigenvalue weighted by Crippen LogP contribution is -2.46. The first-order valence-corrected chi connectivity index (χ1v) is 4.98. The molecule has 0 radical (unpaired) electrons. The maximum Gasteiger partial charge on any atom is 0.100 e. The highest BCUT2D eigenvalue weighted by Crippen LogP contribution is 2.23. The maximum atomic E-state index is 5.74.